The van der Waals surface area contributed by atoms with Crippen LogP contribution in [0.25, 0.3) is 0 Å². The third-order valence-corrected chi connectivity index (χ3v) is 4.42. The number of amides is 1. The van der Waals surface area contributed by atoms with Crippen LogP contribution in [0.1, 0.15) is 16.7 Å². The molecular weight excluding hydrogens is 373 g/mol. The smallest absolute Gasteiger partial charge is 0.272 e. The van der Waals surface area contributed by atoms with Crippen molar-refractivity contribution in [2.75, 3.05) is 5.75 Å². The second-order valence-corrected chi connectivity index (χ2v) is 6.39. The van der Waals surface area contributed by atoms with Crippen molar-refractivity contribution in [1.29, 1.82) is 0 Å². The van der Waals surface area contributed by atoms with Gasteiger partial charge in [-0.25, -0.2) is 5.43 Å². The summed E-state index contributed by atoms with van der Waals surface area (Å²) in [6.07, 6.45) is -3.24. The van der Waals surface area contributed by atoms with E-state index in [0.717, 1.165) is 17.7 Å². The summed E-state index contributed by atoms with van der Waals surface area (Å²) in [5, 5.41) is 4.31. The average molecular weight is 387 g/mol. The van der Waals surface area contributed by atoms with Crippen molar-refractivity contribution in [3.8, 4) is 0 Å². The van der Waals surface area contributed by atoms with E-state index in [9.17, 15) is 18.0 Å². The van der Waals surface area contributed by atoms with Gasteiger partial charge in [0.2, 0.25) is 5.91 Å². The van der Waals surface area contributed by atoms with Crippen molar-refractivity contribution in [3.05, 3.63) is 70.2 Å². The number of hydrogen-bond donors (Lipinski definition) is 1. The van der Waals surface area contributed by atoms with Crippen LogP contribution in [0.2, 0.25) is 5.02 Å². The molecule has 0 atom stereocenters. The van der Waals surface area contributed by atoms with Gasteiger partial charge in [-0.1, -0.05) is 41.9 Å². The maximum absolute atomic E-state index is 12.6. The first kappa shape index (κ1) is 19.3. The Morgan fingerprint density at radius 2 is 1.96 bits per heavy atom. The van der Waals surface area contributed by atoms with Gasteiger partial charge >= 0.3 is 6.18 Å². The maximum atomic E-state index is 12.6. The summed E-state index contributed by atoms with van der Waals surface area (Å²) in [6.45, 7) is 0. The fourth-order valence-corrected chi connectivity index (χ4v) is 2.98. The van der Waals surface area contributed by atoms with Crippen molar-refractivity contribution in [2.45, 2.75) is 11.9 Å². The van der Waals surface area contributed by atoms with Crippen LogP contribution in [0.5, 0.6) is 0 Å². The Hall–Kier alpha value is -1.99. The van der Waals surface area contributed by atoms with Gasteiger partial charge in [-0.2, -0.15) is 18.3 Å². The molecule has 132 valence electrons. The Kier molecular flexibility index (Phi) is 6.90. The number of halogens is 4. The molecule has 0 aliphatic rings. The predicted molar refractivity (Wildman–Crippen MR) is 94.8 cm³/mol. The molecular formula is C17H14ClF3N2OS. The first-order chi connectivity index (χ1) is 11.9. The number of hydrazone groups is 1. The lowest BCUT2D eigenvalue weighted by Gasteiger charge is -2.06. The van der Waals surface area contributed by atoms with Crippen LogP contribution in [-0.4, -0.2) is 17.9 Å². The van der Waals surface area contributed by atoms with Gasteiger partial charge < -0.3 is 0 Å². The second kappa shape index (κ2) is 8.92. The van der Waals surface area contributed by atoms with Crippen molar-refractivity contribution in [3.63, 3.8) is 0 Å². The third-order valence-electron chi connectivity index (χ3n) is 3.07. The Bertz CT molecular complexity index is 766. The molecule has 0 aliphatic heterocycles. The van der Waals surface area contributed by atoms with Crippen molar-refractivity contribution in [1.82, 2.24) is 5.43 Å². The highest BCUT2D eigenvalue weighted by Crippen LogP contribution is 2.29. The Balaban J connectivity index is 1.80. The molecule has 0 aromatic heterocycles. The molecule has 0 radical (unpaired) electrons. The van der Waals surface area contributed by atoms with Crippen LogP contribution >= 0.6 is 23.4 Å². The number of alkyl halides is 3. The van der Waals surface area contributed by atoms with E-state index in [2.05, 4.69) is 10.5 Å². The lowest BCUT2D eigenvalue weighted by atomic mass is 10.1. The number of rotatable bonds is 6. The van der Waals surface area contributed by atoms with Gasteiger partial charge in [-0.05, 0) is 29.3 Å². The Labute approximate surface area is 152 Å². The lowest BCUT2D eigenvalue weighted by molar-refractivity contribution is -0.137. The van der Waals surface area contributed by atoms with Crippen LogP contribution in [0, 0.1) is 0 Å². The van der Waals surface area contributed by atoms with E-state index in [1.807, 2.05) is 18.2 Å². The molecule has 0 saturated heterocycles. The van der Waals surface area contributed by atoms with Gasteiger partial charge in [0.05, 0.1) is 17.5 Å². The number of nitrogens with zero attached hydrogens (tertiary/aromatic N) is 1. The highest BCUT2D eigenvalue weighted by molar-refractivity contribution is 7.99. The van der Waals surface area contributed by atoms with Gasteiger partial charge in [-0.15, -0.1) is 11.8 Å². The van der Waals surface area contributed by atoms with E-state index in [4.69, 9.17) is 11.6 Å². The predicted octanol–water partition coefficient (Wildman–Crippen LogP) is 4.74. The molecule has 0 aliphatic carbocycles. The Morgan fingerprint density at radius 3 is 2.68 bits per heavy atom. The number of carbonyl (C=O) groups excluding carboxylic acids is 1. The second-order valence-electron chi connectivity index (χ2n) is 5.00. The number of hydrogen-bond acceptors (Lipinski definition) is 3. The monoisotopic (exact) mass is 386 g/mol. The van der Waals surface area contributed by atoms with E-state index < -0.39 is 11.7 Å². The normalized spacial score (nSPS) is 11.7. The summed E-state index contributed by atoms with van der Waals surface area (Å²) in [5.74, 6) is 0.385. The average Bonchev–Trinajstić information content (AvgIpc) is 2.56. The fourth-order valence-electron chi connectivity index (χ4n) is 1.88. The molecule has 3 nitrogen and oxygen atoms in total. The maximum Gasteiger partial charge on any atom is 0.416 e. The zero-order chi connectivity index (χ0) is 18.3. The Morgan fingerprint density at radius 1 is 1.20 bits per heavy atom. The summed E-state index contributed by atoms with van der Waals surface area (Å²) in [4.78, 5) is 11.7. The molecule has 8 heteroatoms. The van der Waals surface area contributed by atoms with E-state index in [-0.39, 0.29) is 17.2 Å². The molecule has 0 saturated carbocycles. The molecule has 0 spiro atoms. The molecule has 1 amide bonds. The first-order valence-electron chi connectivity index (χ1n) is 7.16. The minimum Gasteiger partial charge on any atom is -0.272 e. The van der Waals surface area contributed by atoms with E-state index >= 15 is 0 Å². The SMILES string of the molecule is O=C(CSCc1ccccc1Cl)N/N=C/c1cccc(C(F)(F)F)c1. The first-order valence-corrected chi connectivity index (χ1v) is 8.70. The molecule has 1 N–H and O–H groups in total. The molecule has 0 bridgehead atoms. The van der Waals surface area contributed by atoms with Gasteiger partial charge in [0.25, 0.3) is 0 Å². The summed E-state index contributed by atoms with van der Waals surface area (Å²) < 4.78 is 37.8. The zero-order valence-corrected chi connectivity index (χ0v) is 14.5. The lowest BCUT2D eigenvalue weighted by Crippen LogP contribution is -2.19. The van der Waals surface area contributed by atoms with Crippen LogP contribution in [0.15, 0.2) is 53.6 Å². The van der Waals surface area contributed by atoms with E-state index in [1.165, 1.54) is 30.1 Å². The number of nitrogens with one attached hydrogen (secondary N) is 1. The van der Waals surface area contributed by atoms with E-state index in [1.54, 1.807) is 6.07 Å². The van der Waals surface area contributed by atoms with Gasteiger partial charge in [0, 0.05) is 10.8 Å². The molecule has 25 heavy (non-hydrogen) atoms. The topological polar surface area (TPSA) is 41.5 Å². The molecule has 2 aromatic carbocycles. The quantitative estimate of drug-likeness (QED) is 0.575. The van der Waals surface area contributed by atoms with Crippen LogP contribution in [-0.2, 0) is 16.7 Å². The third kappa shape index (κ3) is 6.43. The summed E-state index contributed by atoms with van der Waals surface area (Å²) in [5.41, 5.74) is 2.69. The molecule has 2 rings (SSSR count). The van der Waals surface area contributed by atoms with Gasteiger partial charge in [0.1, 0.15) is 0 Å². The van der Waals surface area contributed by atoms with Gasteiger partial charge in [-0.3, -0.25) is 4.79 Å². The number of benzene rings is 2. The molecule has 2 aromatic rings. The highest BCUT2D eigenvalue weighted by Gasteiger charge is 2.30. The standard InChI is InChI=1S/C17H14ClF3N2OS/c18-15-7-2-1-5-13(15)10-25-11-16(24)23-22-9-12-4-3-6-14(8-12)17(19,20)21/h1-9H,10-11H2,(H,23,24)/b22-9+. The molecule has 0 unspecified atom stereocenters. The van der Waals surface area contributed by atoms with Crippen molar-refractivity contribution in [2.24, 2.45) is 5.10 Å². The van der Waals surface area contributed by atoms with Crippen LogP contribution in [0.3, 0.4) is 0 Å². The minimum absolute atomic E-state index is 0.158. The van der Waals surface area contributed by atoms with Crippen molar-refractivity contribution >= 4 is 35.5 Å². The minimum atomic E-state index is -4.41. The molecule has 0 heterocycles. The van der Waals surface area contributed by atoms with Crippen LogP contribution < -0.4 is 5.43 Å². The largest absolute Gasteiger partial charge is 0.416 e. The van der Waals surface area contributed by atoms with Gasteiger partial charge in [0.15, 0.2) is 0 Å². The number of carbonyl (C=O) groups is 1. The molecule has 0 fully saturated rings. The number of thioether (sulfide) groups is 1. The van der Waals surface area contributed by atoms with Crippen LogP contribution in [0.4, 0.5) is 13.2 Å². The summed E-state index contributed by atoms with van der Waals surface area (Å²) >= 11 is 7.38. The van der Waals surface area contributed by atoms with E-state index in [0.29, 0.717) is 10.8 Å². The summed E-state index contributed by atoms with van der Waals surface area (Å²) in [6, 6.07) is 12.0. The van der Waals surface area contributed by atoms with Crippen molar-refractivity contribution < 1.29 is 18.0 Å². The summed E-state index contributed by atoms with van der Waals surface area (Å²) in [7, 11) is 0. The fraction of sp³-hybridized carbons (Fsp3) is 0.176. The zero-order valence-electron chi connectivity index (χ0n) is 12.9. The highest BCUT2D eigenvalue weighted by atomic mass is 35.5.